The summed E-state index contributed by atoms with van der Waals surface area (Å²) in [5, 5.41) is 5.13. The second kappa shape index (κ2) is 6.55. The molecule has 0 bridgehead atoms. The van der Waals surface area contributed by atoms with E-state index < -0.39 is 16.5 Å². The lowest BCUT2D eigenvalue weighted by Gasteiger charge is -2.33. The third kappa shape index (κ3) is 4.28. The molecule has 0 amide bonds. The fourth-order valence-electron chi connectivity index (χ4n) is 2.13. The van der Waals surface area contributed by atoms with E-state index in [1.54, 1.807) is 17.4 Å². The fourth-order valence-corrected chi connectivity index (χ4v) is 4.63. The predicted octanol–water partition coefficient (Wildman–Crippen LogP) is 3.22. The topological polar surface area (TPSA) is 58.2 Å². The second-order valence-electron chi connectivity index (χ2n) is 6.61. The molecule has 0 saturated carbocycles. The summed E-state index contributed by atoms with van der Waals surface area (Å²) < 4.78 is 16.5. The Morgan fingerprint density at radius 1 is 1.41 bits per heavy atom. The Bertz CT molecular complexity index is 634. The Labute approximate surface area is 146 Å². The third-order valence-electron chi connectivity index (χ3n) is 3.35. The molecule has 1 aromatic heterocycles. The minimum atomic E-state index is -1.21. The summed E-state index contributed by atoms with van der Waals surface area (Å²) in [4.78, 5) is 12.5. The van der Waals surface area contributed by atoms with Gasteiger partial charge in [-0.1, -0.05) is 0 Å². The molecule has 2 rings (SSSR count). The number of thiophene rings is 1. The highest BCUT2D eigenvalue weighted by molar-refractivity contribution is 9.10. The standard InChI is InChI=1S/C15H21BrN2O2S2/c1-14(2,3)22(20)18-15(4,13-5-10(16)9-21-13)7-11-6-12(19)8-17-11/h5-6,9,17-18H,7-8H2,1-4H3/t15-,22?/m0/s1. The molecule has 7 heteroatoms. The minimum absolute atomic E-state index is 0.0849. The number of ketones is 1. The van der Waals surface area contributed by atoms with Crippen LogP contribution in [0.1, 0.15) is 39.0 Å². The van der Waals surface area contributed by atoms with Crippen LogP contribution in [0.2, 0.25) is 0 Å². The molecule has 4 nitrogen and oxygen atoms in total. The summed E-state index contributed by atoms with van der Waals surface area (Å²) in [6.45, 7) is 8.20. The molecule has 1 aliphatic rings. The number of hydrogen-bond acceptors (Lipinski definition) is 4. The van der Waals surface area contributed by atoms with Crippen molar-refractivity contribution in [3.05, 3.63) is 32.6 Å². The van der Waals surface area contributed by atoms with Crippen molar-refractivity contribution in [1.29, 1.82) is 0 Å². The lowest BCUT2D eigenvalue weighted by atomic mass is 9.95. The Morgan fingerprint density at radius 2 is 2.09 bits per heavy atom. The van der Waals surface area contributed by atoms with Gasteiger partial charge in [-0.25, -0.2) is 8.93 Å². The van der Waals surface area contributed by atoms with E-state index in [4.69, 9.17) is 0 Å². The normalized spacial score (nSPS) is 19.5. The van der Waals surface area contributed by atoms with E-state index in [1.165, 1.54) is 0 Å². The van der Waals surface area contributed by atoms with Gasteiger partial charge in [-0.15, -0.1) is 11.3 Å². The first-order chi connectivity index (χ1) is 10.1. The van der Waals surface area contributed by atoms with Crippen molar-refractivity contribution >= 4 is 44.0 Å². The van der Waals surface area contributed by atoms with Crippen LogP contribution in [-0.4, -0.2) is 21.3 Å². The van der Waals surface area contributed by atoms with Gasteiger partial charge in [-0.05, 0) is 49.7 Å². The van der Waals surface area contributed by atoms with Crippen molar-refractivity contribution in [1.82, 2.24) is 10.0 Å². The summed E-state index contributed by atoms with van der Waals surface area (Å²) in [6.07, 6.45) is 2.23. The summed E-state index contributed by atoms with van der Waals surface area (Å²) >= 11 is 5.08. The van der Waals surface area contributed by atoms with E-state index in [0.29, 0.717) is 13.0 Å². The SMILES string of the molecule is CC(C)(C)S(=O)N[C@@](C)(CC1=CC(=O)CN1)c1cc(Br)cs1. The second-order valence-corrected chi connectivity index (χ2v) is 10.4. The van der Waals surface area contributed by atoms with Crippen molar-refractivity contribution in [3.8, 4) is 0 Å². The van der Waals surface area contributed by atoms with E-state index in [0.717, 1.165) is 15.0 Å². The maximum absolute atomic E-state index is 12.6. The molecular formula is C15H21BrN2O2S2. The van der Waals surface area contributed by atoms with Gasteiger partial charge >= 0.3 is 0 Å². The number of carbonyl (C=O) groups is 1. The molecule has 0 fully saturated rings. The van der Waals surface area contributed by atoms with Crippen LogP contribution in [0.25, 0.3) is 0 Å². The highest BCUT2D eigenvalue weighted by atomic mass is 79.9. The van der Waals surface area contributed by atoms with Crippen molar-refractivity contribution in [2.24, 2.45) is 0 Å². The number of hydrogen-bond donors (Lipinski definition) is 2. The van der Waals surface area contributed by atoms with Gasteiger partial charge in [-0.2, -0.15) is 0 Å². The lowest BCUT2D eigenvalue weighted by Crippen LogP contribution is -2.46. The largest absolute Gasteiger partial charge is 0.381 e. The van der Waals surface area contributed by atoms with Gasteiger partial charge in [0.1, 0.15) is 0 Å². The number of halogens is 1. The Kier molecular flexibility index (Phi) is 5.31. The summed E-state index contributed by atoms with van der Waals surface area (Å²) in [5.74, 6) is 0.0849. The van der Waals surface area contributed by atoms with Gasteiger partial charge in [0.2, 0.25) is 0 Å². The molecule has 1 unspecified atom stereocenters. The van der Waals surface area contributed by atoms with Crippen LogP contribution in [0.15, 0.2) is 27.7 Å². The fraction of sp³-hybridized carbons (Fsp3) is 0.533. The zero-order valence-electron chi connectivity index (χ0n) is 13.2. The molecule has 2 atom stereocenters. The minimum Gasteiger partial charge on any atom is -0.381 e. The smallest absolute Gasteiger partial charge is 0.176 e. The molecule has 0 aromatic carbocycles. The van der Waals surface area contributed by atoms with Gasteiger partial charge in [0.25, 0.3) is 0 Å². The van der Waals surface area contributed by atoms with Gasteiger partial charge in [-0.3, -0.25) is 4.79 Å². The molecular weight excluding hydrogens is 384 g/mol. The Hall–Kier alpha value is -0.500. The van der Waals surface area contributed by atoms with Gasteiger partial charge in [0.15, 0.2) is 5.78 Å². The summed E-state index contributed by atoms with van der Waals surface area (Å²) in [7, 11) is -1.21. The van der Waals surface area contributed by atoms with Gasteiger partial charge < -0.3 is 5.32 Å². The molecule has 2 heterocycles. The zero-order valence-corrected chi connectivity index (χ0v) is 16.4. The molecule has 22 heavy (non-hydrogen) atoms. The number of nitrogens with one attached hydrogen (secondary N) is 2. The van der Waals surface area contributed by atoms with E-state index >= 15 is 0 Å². The molecule has 0 saturated heterocycles. The quantitative estimate of drug-likeness (QED) is 0.791. The van der Waals surface area contributed by atoms with Crippen LogP contribution in [0.5, 0.6) is 0 Å². The number of carbonyl (C=O) groups excluding carboxylic acids is 1. The van der Waals surface area contributed by atoms with Gasteiger partial charge in [0.05, 0.1) is 27.8 Å². The van der Waals surface area contributed by atoms with Crippen LogP contribution in [0.4, 0.5) is 0 Å². The first-order valence-electron chi connectivity index (χ1n) is 7.02. The maximum Gasteiger partial charge on any atom is 0.176 e. The highest BCUT2D eigenvalue weighted by Crippen LogP contribution is 2.35. The molecule has 1 aliphatic heterocycles. The van der Waals surface area contributed by atoms with E-state index in [2.05, 4.69) is 26.0 Å². The summed E-state index contributed by atoms with van der Waals surface area (Å²) in [5.41, 5.74) is 0.383. The van der Waals surface area contributed by atoms with Crippen molar-refractivity contribution in [2.75, 3.05) is 6.54 Å². The Morgan fingerprint density at radius 3 is 2.55 bits per heavy atom. The number of rotatable bonds is 5. The maximum atomic E-state index is 12.6. The average Bonchev–Trinajstić information content (AvgIpc) is 2.97. The molecule has 1 aromatic rings. The molecule has 0 radical (unpaired) electrons. The molecule has 2 N–H and O–H groups in total. The van der Waals surface area contributed by atoms with E-state index in [1.807, 2.05) is 39.1 Å². The molecule has 122 valence electrons. The van der Waals surface area contributed by atoms with Crippen molar-refractivity contribution in [2.45, 2.75) is 44.4 Å². The van der Waals surface area contributed by atoms with Crippen LogP contribution >= 0.6 is 27.3 Å². The van der Waals surface area contributed by atoms with Crippen LogP contribution in [-0.2, 0) is 21.3 Å². The third-order valence-corrected chi connectivity index (χ3v) is 7.06. The summed E-state index contributed by atoms with van der Waals surface area (Å²) in [6, 6.07) is 2.04. The molecule has 0 spiro atoms. The first-order valence-corrected chi connectivity index (χ1v) is 9.84. The van der Waals surface area contributed by atoms with E-state index in [-0.39, 0.29) is 10.5 Å². The highest BCUT2D eigenvalue weighted by Gasteiger charge is 2.35. The average molecular weight is 405 g/mol. The van der Waals surface area contributed by atoms with E-state index in [9.17, 15) is 9.00 Å². The first kappa shape index (κ1) is 17.8. The lowest BCUT2D eigenvalue weighted by molar-refractivity contribution is -0.113. The predicted molar refractivity (Wildman–Crippen MR) is 96.1 cm³/mol. The monoisotopic (exact) mass is 404 g/mol. The molecule has 0 aliphatic carbocycles. The van der Waals surface area contributed by atoms with Crippen LogP contribution in [0, 0.1) is 0 Å². The van der Waals surface area contributed by atoms with Crippen molar-refractivity contribution in [3.63, 3.8) is 0 Å². The van der Waals surface area contributed by atoms with Crippen LogP contribution < -0.4 is 10.0 Å². The zero-order chi connectivity index (χ0) is 16.5. The van der Waals surface area contributed by atoms with Crippen LogP contribution in [0.3, 0.4) is 0 Å². The van der Waals surface area contributed by atoms with Gasteiger partial charge in [0, 0.05) is 32.9 Å². The Balaban J connectivity index is 2.30. The van der Waals surface area contributed by atoms with Crippen molar-refractivity contribution < 1.29 is 9.00 Å².